The lowest BCUT2D eigenvalue weighted by molar-refractivity contribution is -0.688. The second-order valence-electron chi connectivity index (χ2n) is 5.34. The number of fused-ring (bicyclic) bond motifs is 1. The van der Waals surface area contributed by atoms with Crippen molar-refractivity contribution in [1.82, 2.24) is 4.98 Å². The molecule has 0 aliphatic carbocycles. The fraction of sp³-hybridized carbons (Fsp3) is 0.0526. The first kappa shape index (κ1) is 16.3. The monoisotopic (exact) mass is 384 g/mol. The highest BCUT2D eigenvalue weighted by molar-refractivity contribution is 5.75. The summed E-state index contributed by atoms with van der Waals surface area (Å²) in [4.78, 5) is 4.47. The zero-order valence-corrected chi connectivity index (χ0v) is 14.3. The molecule has 0 aliphatic heterocycles. The highest BCUT2D eigenvalue weighted by Gasteiger charge is 2.11. The molecule has 0 spiro atoms. The molecule has 3 nitrogen and oxygen atoms in total. The number of hydrogen-bond acceptors (Lipinski definition) is 2. The van der Waals surface area contributed by atoms with E-state index in [1.807, 2.05) is 59.4 Å². The number of hydrogen-bond donors (Lipinski definition) is 0. The molecule has 4 rings (SSSR count). The van der Waals surface area contributed by atoms with Crippen LogP contribution in [-0.4, -0.2) is 4.98 Å². The van der Waals surface area contributed by atoms with Gasteiger partial charge >= 0.3 is 0 Å². The fourth-order valence-electron chi connectivity index (χ4n) is 2.52. The lowest BCUT2D eigenvalue weighted by Crippen LogP contribution is -3.00. The van der Waals surface area contributed by atoms with Gasteiger partial charge in [0.25, 0.3) is 0 Å². The van der Waals surface area contributed by atoms with Gasteiger partial charge in [-0.15, -0.1) is 0 Å². The third-order valence-electron chi connectivity index (χ3n) is 3.74. The van der Waals surface area contributed by atoms with Crippen LogP contribution in [0.3, 0.4) is 0 Å². The van der Waals surface area contributed by atoms with E-state index in [0.29, 0.717) is 18.0 Å². The van der Waals surface area contributed by atoms with Gasteiger partial charge in [0.1, 0.15) is 11.3 Å². The van der Waals surface area contributed by atoms with Crippen LogP contribution in [0.5, 0.6) is 0 Å². The summed E-state index contributed by atoms with van der Waals surface area (Å²) in [5, 5.41) is 0. The lowest BCUT2D eigenvalue weighted by atomic mass is 10.2. The molecular formula is C19H14BrFN2O. The Bertz CT molecular complexity index is 933. The average Bonchev–Trinajstić information content (AvgIpc) is 3.02. The van der Waals surface area contributed by atoms with Crippen molar-refractivity contribution in [1.29, 1.82) is 0 Å². The van der Waals surface area contributed by atoms with Crippen molar-refractivity contribution < 1.29 is 30.4 Å². The number of aromatic nitrogens is 2. The van der Waals surface area contributed by atoms with E-state index >= 15 is 0 Å². The minimum absolute atomic E-state index is 0. The van der Waals surface area contributed by atoms with E-state index < -0.39 is 0 Å². The molecule has 2 aromatic heterocycles. The van der Waals surface area contributed by atoms with Gasteiger partial charge in [-0.3, -0.25) is 0 Å². The largest absolute Gasteiger partial charge is 1.00 e. The molecule has 0 N–H and O–H groups in total. The van der Waals surface area contributed by atoms with E-state index in [9.17, 15) is 4.39 Å². The van der Waals surface area contributed by atoms with Crippen molar-refractivity contribution in [3.63, 3.8) is 0 Å². The molecular weight excluding hydrogens is 371 g/mol. The Morgan fingerprint density at radius 2 is 1.62 bits per heavy atom. The predicted molar refractivity (Wildman–Crippen MR) is 85.1 cm³/mol. The maximum Gasteiger partial charge on any atom is 0.227 e. The van der Waals surface area contributed by atoms with Gasteiger partial charge in [-0.25, -0.2) is 13.9 Å². The minimum Gasteiger partial charge on any atom is -1.00 e. The summed E-state index contributed by atoms with van der Waals surface area (Å²) >= 11 is 0. The predicted octanol–water partition coefficient (Wildman–Crippen LogP) is 0.974. The highest BCUT2D eigenvalue weighted by atomic mass is 79.9. The van der Waals surface area contributed by atoms with Gasteiger partial charge in [0.2, 0.25) is 5.89 Å². The minimum atomic E-state index is -0.192. The van der Waals surface area contributed by atoms with Crippen molar-refractivity contribution in [2.45, 2.75) is 6.54 Å². The van der Waals surface area contributed by atoms with E-state index in [1.54, 1.807) is 12.1 Å². The second kappa shape index (κ2) is 6.93. The summed E-state index contributed by atoms with van der Waals surface area (Å²) in [6.45, 7) is 0.487. The summed E-state index contributed by atoms with van der Waals surface area (Å²) in [5.41, 5.74) is 3.16. The molecule has 120 valence electrons. The highest BCUT2D eigenvalue weighted by Crippen LogP contribution is 2.23. The van der Waals surface area contributed by atoms with Crippen LogP contribution in [0.25, 0.3) is 22.6 Å². The molecule has 0 saturated heterocycles. The molecule has 24 heavy (non-hydrogen) atoms. The van der Waals surface area contributed by atoms with Crippen LogP contribution in [0.1, 0.15) is 5.56 Å². The third kappa shape index (κ3) is 3.21. The van der Waals surface area contributed by atoms with Crippen LogP contribution in [0.4, 0.5) is 4.39 Å². The Hall–Kier alpha value is -2.53. The van der Waals surface area contributed by atoms with Gasteiger partial charge in [0.05, 0.1) is 5.56 Å². The Morgan fingerprint density at radius 3 is 2.38 bits per heavy atom. The van der Waals surface area contributed by atoms with Gasteiger partial charge in [-0.2, -0.15) is 0 Å². The molecule has 5 heteroatoms. The van der Waals surface area contributed by atoms with Gasteiger partial charge in [-0.05, 0) is 24.3 Å². The Kier molecular flexibility index (Phi) is 4.71. The molecule has 2 heterocycles. The van der Waals surface area contributed by atoms with Crippen LogP contribution in [0.2, 0.25) is 0 Å². The van der Waals surface area contributed by atoms with Crippen LogP contribution >= 0.6 is 0 Å². The summed E-state index contributed by atoms with van der Waals surface area (Å²) in [5.74, 6) is 0.396. The van der Waals surface area contributed by atoms with Crippen molar-refractivity contribution in [2.24, 2.45) is 0 Å². The number of oxazole rings is 1. The van der Waals surface area contributed by atoms with E-state index in [4.69, 9.17) is 4.42 Å². The topological polar surface area (TPSA) is 29.9 Å². The molecule has 4 aromatic rings. The van der Waals surface area contributed by atoms with Crippen molar-refractivity contribution in [2.75, 3.05) is 0 Å². The summed E-state index contributed by atoms with van der Waals surface area (Å²) in [6.07, 6.45) is 3.80. The fourth-order valence-corrected chi connectivity index (χ4v) is 2.52. The molecule has 0 fully saturated rings. The summed E-state index contributed by atoms with van der Waals surface area (Å²) in [6, 6.07) is 18.3. The zero-order valence-electron chi connectivity index (χ0n) is 12.7. The lowest BCUT2D eigenvalue weighted by Gasteiger charge is -2.00. The van der Waals surface area contributed by atoms with E-state index in [0.717, 1.165) is 16.7 Å². The van der Waals surface area contributed by atoms with E-state index in [2.05, 4.69) is 4.98 Å². The molecule has 2 aromatic carbocycles. The summed E-state index contributed by atoms with van der Waals surface area (Å²) < 4.78 is 21.4. The van der Waals surface area contributed by atoms with Gasteiger partial charge in [-0.1, -0.05) is 24.3 Å². The zero-order chi connectivity index (χ0) is 15.6. The first-order valence-electron chi connectivity index (χ1n) is 7.38. The molecule has 0 bridgehead atoms. The van der Waals surface area contributed by atoms with Gasteiger partial charge < -0.3 is 21.4 Å². The number of rotatable bonds is 3. The maximum absolute atomic E-state index is 13.7. The van der Waals surface area contributed by atoms with Crippen LogP contribution < -0.4 is 21.5 Å². The second-order valence-corrected chi connectivity index (χ2v) is 5.34. The smallest absolute Gasteiger partial charge is 0.227 e. The molecule has 0 saturated carbocycles. The number of para-hydroxylation sites is 2. The third-order valence-corrected chi connectivity index (χ3v) is 3.74. The molecule has 0 aliphatic rings. The Labute approximate surface area is 149 Å². The number of halogens is 2. The first-order valence-corrected chi connectivity index (χ1v) is 7.38. The van der Waals surface area contributed by atoms with Crippen LogP contribution in [0.15, 0.2) is 77.5 Å². The van der Waals surface area contributed by atoms with Crippen molar-refractivity contribution in [3.05, 3.63) is 84.4 Å². The van der Waals surface area contributed by atoms with Crippen molar-refractivity contribution in [3.8, 4) is 11.5 Å². The molecule has 0 unspecified atom stereocenters. The number of benzene rings is 2. The van der Waals surface area contributed by atoms with E-state index in [-0.39, 0.29) is 22.8 Å². The average molecular weight is 385 g/mol. The Morgan fingerprint density at radius 1 is 0.917 bits per heavy atom. The SMILES string of the molecule is Fc1ccccc1C[n+]1ccc(-c2nc3ccccc3o2)cc1.[Br-]. The Balaban J connectivity index is 0.00000169. The van der Waals surface area contributed by atoms with Gasteiger partial charge in [0, 0.05) is 17.7 Å². The quantitative estimate of drug-likeness (QED) is 0.492. The standard InChI is InChI=1S/C19H14FN2O.BrH/c20-16-6-2-1-5-15(16)13-22-11-9-14(10-12-22)19-21-17-7-3-4-8-18(17)23-19;/h1-12H,13H2;1H/q+1;/p-1. The molecule has 0 atom stereocenters. The first-order chi connectivity index (χ1) is 11.3. The maximum atomic E-state index is 13.7. The number of pyridine rings is 1. The van der Waals surface area contributed by atoms with E-state index in [1.165, 1.54) is 6.07 Å². The van der Waals surface area contributed by atoms with Crippen LogP contribution in [-0.2, 0) is 6.54 Å². The normalized spacial score (nSPS) is 10.5. The summed E-state index contributed by atoms with van der Waals surface area (Å²) in [7, 11) is 0. The molecule has 0 radical (unpaired) electrons. The molecule has 0 amide bonds. The van der Waals surface area contributed by atoms with Crippen molar-refractivity contribution >= 4 is 11.1 Å². The number of nitrogens with zero attached hydrogens (tertiary/aromatic N) is 2. The van der Waals surface area contributed by atoms with Crippen LogP contribution in [0, 0.1) is 5.82 Å². The van der Waals surface area contributed by atoms with Gasteiger partial charge in [0.15, 0.2) is 24.5 Å².